The maximum absolute atomic E-state index is 12.6. The van der Waals surface area contributed by atoms with Gasteiger partial charge < -0.3 is 0 Å². The minimum Gasteiger partial charge on any atom is -0.290 e. The van der Waals surface area contributed by atoms with Crippen LogP contribution < -0.4 is 10.4 Å². The van der Waals surface area contributed by atoms with E-state index in [0.717, 1.165) is 11.5 Å². The van der Waals surface area contributed by atoms with E-state index >= 15 is 0 Å². The van der Waals surface area contributed by atoms with Crippen molar-refractivity contribution >= 4 is 70.8 Å². The summed E-state index contributed by atoms with van der Waals surface area (Å²) in [4.78, 5) is 25.3. The molecule has 2 aliphatic heterocycles. The third kappa shape index (κ3) is 5.50. The van der Waals surface area contributed by atoms with Crippen molar-refractivity contribution in [3.05, 3.63) is 188 Å². The summed E-state index contributed by atoms with van der Waals surface area (Å²) in [7, 11) is -0.307. The summed E-state index contributed by atoms with van der Waals surface area (Å²) in [6.07, 6.45) is 11.4. The lowest BCUT2D eigenvalue weighted by Crippen LogP contribution is -2.49. The molecule has 0 spiro atoms. The zero-order valence-corrected chi connectivity index (χ0v) is 32.4. The van der Waals surface area contributed by atoms with Crippen LogP contribution in [-0.4, -0.2) is 27.7 Å². The fourth-order valence-corrected chi connectivity index (χ4v) is 16.5. The van der Waals surface area contributed by atoms with E-state index < -0.39 is 16.1 Å². The smallest absolute Gasteiger partial charge is 0.178 e. The molecule has 50 heavy (non-hydrogen) atoms. The van der Waals surface area contributed by atoms with Gasteiger partial charge in [-0.25, -0.2) is 0 Å². The molecule has 0 saturated heterocycles. The SMILES string of the molecule is C[Si]1(C)C2=CC(=O)C=CC2=C(c2ccccc2CSSCc2ccccc2C2=C3C=CC(=O)C=C3[Si](C)(C)c3ccccc32)c2ccccc21. The summed E-state index contributed by atoms with van der Waals surface area (Å²) in [6, 6.07) is 35.2. The number of hydrogen-bond donors (Lipinski definition) is 0. The Labute approximate surface area is 304 Å². The van der Waals surface area contributed by atoms with Crippen LogP contribution in [0.5, 0.6) is 0 Å². The lowest BCUT2D eigenvalue weighted by Gasteiger charge is -2.37. The highest BCUT2D eigenvalue weighted by atomic mass is 33.1. The average Bonchev–Trinajstić information content (AvgIpc) is 3.12. The standard InChI is InChI=1S/C44H38O2S2Si2/c1-49(2)39-19-11-9-17-35(39)43(37-23-21-31(45)25-41(37)49)33-15-7-5-13-29(33)27-47-48-28-30-14-6-8-16-34(30)44-36-18-10-12-20-40(36)50(3,4)42-26-32(46)22-24-38(42)44/h5-26H,27-28H2,1-4H3. The molecule has 0 fully saturated rings. The summed E-state index contributed by atoms with van der Waals surface area (Å²) in [6.45, 7) is 9.46. The third-order valence-electron chi connectivity index (χ3n) is 10.7. The van der Waals surface area contributed by atoms with Crippen LogP contribution in [0.15, 0.2) is 155 Å². The molecule has 4 aliphatic rings. The summed E-state index contributed by atoms with van der Waals surface area (Å²) in [5, 5.41) is 5.24. The fraction of sp³-hybridized carbons (Fsp3) is 0.136. The fourth-order valence-electron chi connectivity index (χ4n) is 8.16. The molecule has 0 aromatic heterocycles. The van der Waals surface area contributed by atoms with Crippen molar-refractivity contribution in [1.82, 2.24) is 0 Å². The summed E-state index contributed by atoms with van der Waals surface area (Å²) in [5.41, 5.74) is 12.6. The zero-order valence-electron chi connectivity index (χ0n) is 28.7. The summed E-state index contributed by atoms with van der Waals surface area (Å²) < 4.78 is 0. The minimum atomic E-state index is -2.04. The number of hydrogen-bond acceptors (Lipinski definition) is 4. The van der Waals surface area contributed by atoms with Crippen molar-refractivity contribution in [1.29, 1.82) is 0 Å². The van der Waals surface area contributed by atoms with Gasteiger partial charge >= 0.3 is 0 Å². The van der Waals surface area contributed by atoms with Gasteiger partial charge in [-0.15, -0.1) is 0 Å². The Morgan fingerprint density at radius 2 is 0.820 bits per heavy atom. The first kappa shape index (κ1) is 33.0. The Morgan fingerprint density at radius 3 is 1.24 bits per heavy atom. The second kappa shape index (κ2) is 12.8. The van der Waals surface area contributed by atoms with Gasteiger partial charge in [0.15, 0.2) is 11.6 Å². The molecular weight excluding hydrogens is 681 g/mol. The molecule has 246 valence electrons. The molecule has 0 amide bonds. The molecule has 4 aromatic rings. The highest BCUT2D eigenvalue weighted by Gasteiger charge is 2.41. The molecule has 0 atom stereocenters. The number of benzene rings is 4. The number of ketones is 2. The predicted octanol–water partition coefficient (Wildman–Crippen LogP) is 9.44. The normalized spacial score (nSPS) is 18.2. The minimum absolute atomic E-state index is 0.0860. The number of carbonyl (C=O) groups is 2. The molecular formula is C44H38O2S2Si2. The molecule has 8 rings (SSSR count). The molecule has 6 heteroatoms. The Bertz CT molecular complexity index is 2150. The van der Waals surface area contributed by atoms with Gasteiger partial charge in [-0.05, 0) is 101 Å². The molecule has 0 radical (unpaired) electrons. The van der Waals surface area contributed by atoms with Crippen LogP contribution in [0.1, 0.15) is 33.4 Å². The van der Waals surface area contributed by atoms with E-state index in [1.54, 1.807) is 12.2 Å². The van der Waals surface area contributed by atoms with Crippen LogP contribution in [0.3, 0.4) is 0 Å². The van der Waals surface area contributed by atoms with Gasteiger partial charge in [-0.3, -0.25) is 9.59 Å². The van der Waals surface area contributed by atoms with Crippen molar-refractivity contribution in [2.24, 2.45) is 0 Å². The van der Waals surface area contributed by atoms with Crippen LogP contribution in [0, 0.1) is 0 Å². The van der Waals surface area contributed by atoms with E-state index in [9.17, 15) is 9.59 Å². The van der Waals surface area contributed by atoms with Crippen molar-refractivity contribution < 1.29 is 9.59 Å². The highest BCUT2D eigenvalue weighted by molar-refractivity contribution is 8.76. The number of rotatable bonds is 7. The van der Waals surface area contributed by atoms with Gasteiger partial charge in [0.05, 0.1) is 0 Å². The second-order valence-electron chi connectivity index (χ2n) is 14.3. The molecule has 4 aromatic carbocycles. The van der Waals surface area contributed by atoms with E-state index in [2.05, 4.69) is 135 Å². The van der Waals surface area contributed by atoms with Gasteiger partial charge in [0, 0.05) is 11.5 Å². The van der Waals surface area contributed by atoms with Crippen molar-refractivity contribution in [3.8, 4) is 0 Å². The van der Waals surface area contributed by atoms with Crippen molar-refractivity contribution in [2.75, 3.05) is 0 Å². The van der Waals surface area contributed by atoms with E-state index in [-0.39, 0.29) is 11.6 Å². The van der Waals surface area contributed by atoms with Gasteiger partial charge in [-0.1, -0.05) is 157 Å². The monoisotopic (exact) mass is 718 g/mol. The van der Waals surface area contributed by atoms with Gasteiger partial charge in [0.1, 0.15) is 16.1 Å². The van der Waals surface area contributed by atoms with Crippen LogP contribution in [0.25, 0.3) is 11.1 Å². The van der Waals surface area contributed by atoms with Crippen molar-refractivity contribution in [3.63, 3.8) is 0 Å². The van der Waals surface area contributed by atoms with E-state index in [4.69, 9.17) is 0 Å². The first-order valence-electron chi connectivity index (χ1n) is 17.1. The molecule has 0 saturated carbocycles. The van der Waals surface area contributed by atoms with E-state index in [0.29, 0.717) is 0 Å². The van der Waals surface area contributed by atoms with Crippen LogP contribution in [0.2, 0.25) is 26.2 Å². The maximum Gasteiger partial charge on any atom is 0.178 e. The van der Waals surface area contributed by atoms with Gasteiger partial charge in [0.2, 0.25) is 0 Å². The van der Waals surface area contributed by atoms with E-state index in [1.807, 2.05) is 33.7 Å². The molecule has 0 bridgehead atoms. The summed E-state index contributed by atoms with van der Waals surface area (Å²) in [5.74, 6) is 1.89. The van der Waals surface area contributed by atoms with Crippen LogP contribution in [-0.2, 0) is 21.1 Å². The largest absolute Gasteiger partial charge is 0.290 e. The first-order chi connectivity index (χ1) is 24.2. The van der Waals surface area contributed by atoms with Crippen molar-refractivity contribution in [2.45, 2.75) is 37.7 Å². The Kier molecular flexibility index (Phi) is 8.47. The van der Waals surface area contributed by atoms with Crippen LogP contribution >= 0.6 is 21.6 Å². The maximum atomic E-state index is 12.6. The topological polar surface area (TPSA) is 34.1 Å². The first-order valence-corrected chi connectivity index (χ1v) is 25.6. The Balaban J connectivity index is 1.11. The summed E-state index contributed by atoms with van der Waals surface area (Å²) >= 11 is 0. The van der Waals surface area contributed by atoms with E-state index in [1.165, 1.54) is 76.4 Å². The number of fused-ring (bicyclic) bond motifs is 4. The highest BCUT2D eigenvalue weighted by Crippen LogP contribution is 2.45. The van der Waals surface area contributed by atoms with Crippen LogP contribution in [0.4, 0.5) is 0 Å². The second-order valence-corrected chi connectivity index (χ2v) is 25.5. The van der Waals surface area contributed by atoms with Gasteiger partial charge in [0.25, 0.3) is 0 Å². The lowest BCUT2D eigenvalue weighted by atomic mass is 9.88. The molecule has 0 N–H and O–H groups in total. The Hall–Kier alpha value is -4.21. The number of carbonyl (C=O) groups excluding carboxylic acids is 2. The molecule has 2 aliphatic carbocycles. The molecule has 2 heterocycles. The average molecular weight is 719 g/mol. The quantitative estimate of drug-likeness (QED) is 0.108. The number of allylic oxidation sites excluding steroid dienone is 10. The molecule has 0 unspecified atom stereocenters. The zero-order chi connectivity index (χ0) is 34.6. The Morgan fingerprint density at radius 1 is 0.460 bits per heavy atom. The lowest BCUT2D eigenvalue weighted by molar-refractivity contribution is -0.111. The van der Waals surface area contributed by atoms with Gasteiger partial charge in [-0.2, -0.15) is 0 Å². The third-order valence-corrected chi connectivity index (χ3v) is 20.0. The molecule has 2 nitrogen and oxygen atoms in total. The predicted molar refractivity (Wildman–Crippen MR) is 219 cm³/mol.